The molecule has 0 spiro atoms. The number of amides is 1. The van der Waals surface area contributed by atoms with E-state index in [1.165, 1.54) is 25.2 Å². The van der Waals surface area contributed by atoms with Crippen LogP contribution < -0.4 is 14.4 Å². The topological polar surface area (TPSA) is 85.3 Å². The largest absolute Gasteiger partial charge is 0.502 e. The summed E-state index contributed by atoms with van der Waals surface area (Å²) >= 11 is 0. The zero-order chi connectivity index (χ0) is 19.4. The smallest absolute Gasteiger partial charge is 0.414 e. The fraction of sp³-hybridized carbons (Fsp3) is 0.200. The molecule has 0 bridgehead atoms. The minimum absolute atomic E-state index is 0.103. The highest BCUT2D eigenvalue weighted by molar-refractivity contribution is 6.07. The van der Waals surface area contributed by atoms with E-state index in [4.69, 9.17) is 14.2 Å². The number of carbonyl (C=O) groups excluding carboxylic acids is 2. The Morgan fingerprint density at radius 3 is 2.48 bits per heavy atom. The molecule has 140 valence electrons. The first kappa shape index (κ1) is 18.3. The third-order valence-electron chi connectivity index (χ3n) is 4.13. The van der Waals surface area contributed by atoms with E-state index in [9.17, 15) is 14.7 Å². The van der Waals surface area contributed by atoms with E-state index in [-0.39, 0.29) is 23.0 Å². The van der Waals surface area contributed by atoms with Gasteiger partial charge in [0.25, 0.3) is 0 Å². The van der Waals surface area contributed by atoms with E-state index in [0.29, 0.717) is 30.0 Å². The normalized spacial score (nSPS) is 13.7. The summed E-state index contributed by atoms with van der Waals surface area (Å²) in [7, 11) is 2.87. The molecule has 0 aliphatic carbocycles. The first-order chi connectivity index (χ1) is 13.0. The monoisotopic (exact) mass is 369 g/mol. The summed E-state index contributed by atoms with van der Waals surface area (Å²) in [5.74, 6) is 0.163. The fourth-order valence-electron chi connectivity index (χ4n) is 2.73. The van der Waals surface area contributed by atoms with Crippen LogP contribution in [0.25, 0.3) is 6.08 Å². The molecular weight excluding hydrogens is 350 g/mol. The van der Waals surface area contributed by atoms with Crippen LogP contribution in [-0.2, 0) is 4.74 Å². The van der Waals surface area contributed by atoms with Gasteiger partial charge in [-0.3, -0.25) is 9.69 Å². The number of hydrogen-bond acceptors (Lipinski definition) is 6. The molecule has 1 fully saturated rings. The molecular formula is C20H19NO6. The van der Waals surface area contributed by atoms with Gasteiger partial charge in [0.05, 0.1) is 20.8 Å². The maximum absolute atomic E-state index is 12.5. The molecule has 27 heavy (non-hydrogen) atoms. The van der Waals surface area contributed by atoms with Gasteiger partial charge in [-0.15, -0.1) is 0 Å². The molecule has 1 heterocycles. The summed E-state index contributed by atoms with van der Waals surface area (Å²) in [5, 5.41) is 9.94. The second kappa shape index (κ2) is 7.82. The summed E-state index contributed by atoms with van der Waals surface area (Å²) < 4.78 is 15.1. The lowest BCUT2D eigenvalue weighted by Gasteiger charge is -2.13. The number of ether oxygens (including phenoxy) is 3. The van der Waals surface area contributed by atoms with Gasteiger partial charge in [0.1, 0.15) is 6.61 Å². The van der Waals surface area contributed by atoms with Crippen LogP contribution in [-0.4, -0.2) is 44.4 Å². The number of ketones is 1. The van der Waals surface area contributed by atoms with Crippen molar-refractivity contribution in [2.75, 3.05) is 32.3 Å². The minimum Gasteiger partial charge on any atom is -0.502 e. The number of allylic oxidation sites excluding steroid dienone is 1. The van der Waals surface area contributed by atoms with Crippen LogP contribution in [0.3, 0.4) is 0 Å². The third-order valence-corrected chi connectivity index (χ3v) is 4.13. The maximum atomic E-state index is 12.5. The van der Waals surface area contributed by atoms with Crippen LogP contribution in [0.15, 0.2) is 42.5 Å². The Morgan fingerprint density at radius 2 is 1.89 bits per heavy atom. The standard InChI is InChI=1S/C20H19NO6/c1-25-17-10-13(11-18(26-2)19(17)23)6-7-16(22)14-4-3-5-15(12-14)21-8-9-27-20(21)24/h3-7,10-12,23H,8-9H2,1-2H3/b7-6-. The number of nitrogens with zero attached hydrogens (tertiary/aromatic N) is 1. The zero-order valence-corrected chi connectivity index (χ0v) is 15.0. The fourth-order valence-corrected chi connectivity index (χ4v) is 2.73. The molecule has 7 heteroatoms. The van der Waals surface area contributed by atoms with Crippen LogP contribution in [0.1, 0.15) is 15.9 Å². The number of methoxy groups -OCH3 is 2. The first-order valence-corrected chi connectivity index (χ1v) is 8.25. The maximum Gasteiger partial charge on any atom is 0.414 e. The lowest BCUT2D eigenvalue weighted by atomic mass is 10.1. The summed E-state index contributed by atoms with van der Waals surface area (Å²) in [6.07, 6.45) is 2.59. The lowest BCUT2D eigenvalue weighted by molar-refractivity contribution is 0.104. The highest BCUT2D eigenvalue weighted by Crippen LogP contribution is 2.37. The average molecular weight is 369 g/mol. The molecule has 1 saturated heterocycles. The number of aromatic hydroxyl groups is 1. The number of carbonyl (C=O) groups is 2. The van der Waals surface area contributed by atoms with Crippen molar-refractivity contribution in [2.24, 2.45) is 0 Å². The number of hydrogen-bond donors (Lipinski definition) is 1. The van der Waals surface area contributed by atoms with Crippen molar-refractivity contribution < 1.29 is 28.9 Å². The Labute approximate surface area is 156 Å². The molecule has 1 amide bonds. The van der Waals surface area contributed by atoms with Gasteiger partial charge in [-0.2, -0.15) is 0 Å². The number of phenolic OH excluding ortho intramolecular Hbond substituents is 1. The number of cyclic esters (lactones) is 1. The van der Waals surface area contributed by atoms with Gasteiger partial charge >= 0.3 is 6.09 Å². The minimum atomic E-state index is -0.418. The van der Waals surface area contributed by atoms with Crippen molar-refractivity contribution in [1.82, 2.24) is 0 Å². The lowest BCUT2D eigenvalue weighted by Crippen LogP contribution is -2.23. The molecule has 7 nitrogen and oxygen atoms in total. The molecule has 1 aliphatic heterocycles. The summed E-state index contributed by atoms with van der Waals surface area (Å²) in [6.45, 7) is 0.793. The Hall–Kier alpha value is -3.48. The van der Waals surface area contributed by atoms with Crippen LogP contribution in [0, 0.1) is 0 Å². The highest BCUT2D eigenvalue weighted by atomic mass is 16.6. The van der Waals surface area contributed by atoms with E-state index in [1.807, 2.05) is 0 Å². The Bertz CT molecular complexity index is 880. The molecule has 0 atom stereocenters. The third kappa shape index (κ3) is 3.87. The molecule has 0 aromatic heterocycles. The van der Waals surface area contributed by atoms with Crippen molar-refractivity contribution in [3.63, 3.8) is 0 Å². The van der Waals surface area contributed by atoms with Gasteiger partial charge in [0, 0.05) is 11.3 Å². The number of anilines is 1. The summed E-state index contributed by atoms with van der Waals surface area (Å²) in [6, 6.07) is 9.99. The predicted molar refractivity (Wildman–Crippen MR) is 99.7 cm³/mol. The van der Waals surface area contributed by atoms with E-state index in [1.54, 1.807) is 42.5 Å². The average Bonchev–Trinajstić information content (AvgIpc) is 3.12. The Morgan fingerprint density at radius 1 is 1.19 bits per heavy atom. The molecule has 0 saturated carbocycles. The van der Waals surface area contributed by atoms with Crippen molar-refractivity contribution >= 4 is 23.6 Å². The molecule has 2 aromatic rings. The molecule has 3 rings (SSSR count). The number of phenols is 1. The van der Waals surface area contributed by atoms with Crippen LogP contribution >= 0.6 is 0 Å². The van der Waals surface area contributed by atoms with E-state index < -0.39 is 6.09 Å². The molecule has 2 aromatic carbocycles. The van der Waals surface area contributed by atoms with E-state index >= 15 is 0 Å². The van der Waals surface area contributed by atoms with Crippen molar-refractivity contribution in [2.45, 2.75) is 0 Å². The quantitative estimate of drug-likeness (QED) is 0.621. The van der Waals surface area contributed by atoms with Gasteiger partial charge in [-0.05, 0) is 35.9 Å². The number of benzene rings is 2. The van der Waals surface area contributed by atoms with Crippen molar-refractivity contribution in [1.29, 1.82) is 0 Å². The molecule has 0 radical (unpaired) electrons. The zero-order valence-electron chi connectivity index (χ0n) is 15.0. The molecule has 1 aliphatic rings. The Kier molecular flexibility index (Phi) is 5.30. The predicted octanol–water partition coefficient (Wildman–Crippen LogP) is 3.26. The van der Waals surface area contributed by atoms with Crippen LogP contribution in [0.2, 0.25) is 0 Å². The van der Waals surface area contributed by atoms with Gasteiger partial charge in [-0.25, -0.2) is 4.79 Å². The molecule has 1 N–H and O–H groups in total. The summed E-state index contributed by atoms with van der Waals surface area (Å²) in [4.78, 5) is 25.7. The van der Waals surface area contributed by atoms with Gasteiger partial charge in [-0.1, -0.05) is 18.2 Å². The SMILES string of the molecule is COc1cc(/C=C\C(=O)c2cccc(N3CCOC3=O)c2)cc(OC)c1O. The van der Waals surface area contributed by atoms with Gasteiger partial charge in [0.2, 0.25) is 5.75 Å². The van der Waals surface area contributed by atoms with Gasteiger partial charge < -0.3 is 19.3 Å². The Balaban J connectivity index is 1.82. The highest BCUT2D eigenvalue weighted by Gasteiger charge is 2.23. The second-order valence-electron chi connectivity index (χ2n) is 5.79. The van der Waals surface area contributed by atoms with E-state index in [0.717, 1.165) is 0 Å². The van der Waals surface area contributed by atoms with Crippen molar-refractivity contribution in [3.8, 4) is 17.2 Å². The van der Waals surface area contributed by atoms with Gasteiger partial charge in [0.15, 0.2) is 17.3 Å². The number of rotatable bonds is 6. The second-order valence-corrected chi connectivity index (χ2v) is 5.79. The van der Waals surface area contributed by atoms with Crippen molar-refractivity contribution in [3.05, 3.63) is 53.6 Å². The van der Waals surface area contributed by atoms with Crippen LogP contribution in [0.4, 0.5) is 10.5 Å². The summed E-state index contributed by atoms with van der Waals surface area (Å²) in [5.41, 5.74) is 1.69. The first-order valence-electron chi connectivity index (χ1n) is 8.25. The van der Waals surface area contributed by atoms with E-state index in [2.05, 4.69) is 0 Å². The molecule has 0 unspecified atom stereocenters. The van der Waals surface area contributed by atoms with Crippen LogP contribution in [0.5, 0.6) is 17.2 Å².